The van der Waals surface area contributed by atoms with Crippen LogP contribution < -0.4 is 10.5 Å². The fraction of sp³-hybridized carbons (Fsp3) is 0.273. The lowest BCUT2D eigenvalue weighted by atomic mass is 10.4. The zero-order valence-electron chi connectivity index (χ0n) is 11.8. The van der Waals surface area contributed by atoms with Gasteiger partial charge in [-0.3, -0.25) is 4.98 Å². The first-order valence-electron chi connectivity index (χ1n) is 6.35. The summed E-state index contributed by atoms with van der Waals surface area (Å²) >= 11 is 0. The van der Waals surface area contributed by atoms with Crippen molar-refractivity contribution in [2.75, 3.05) is 12.8 Å². The SMILES string of the molecule is CCn1c(-c2nonc2N)nc2cncc(S(=O)(=O)NC)c21. The molecule has 3 heterocycles. The molecule has 0 amide bonds. The molecule has 3 N–H and O–H groups in total. The molecule has 0 radical (unpaired) electrons. The highest BCUT2D eigenvalue weighted by molar-refractivity contribution is 7.89. The maximum absolute atomic E-state index is 12.2. The minimum atomic E-state index is -3.69. The summed E-state index contributed by atoms with van der Waals surface area (Å²) in [6, 6.07) is 0. The van der Waals surface area contributed by atoms with Gasteiger partial charge in [-0.2, -0.15) is 0 Å². The van der Waals surface area contributed by atoms with Crippen LogP contribution in [0.3, 0.4) is 0 Å². The van der Waals surface area contributed by atoms with Crippen LogP contribution in [0, 0.1) is 0 Å². The van der Waals surface area contributed by atoms with Gasteiger partial charge in [0.1, 0.15) is 10.4 Å². The summed E-state index contributed by atoms with van der Waals surface area (Å²) in [4.78, 5) is 8.33. The van der Waals surface area contributed by atoms with E-state index in [0.29, 0.717) is 23.4 Å². The van der Waals surface area contributed by atoms with Crippen molar-refractivity contribution in [1.29, 1.82) is 0 Å². The zero-order valence-corrected chi connectivity index (χ0v) is 12.6. The van der Waals surface area contributed by atoms with E-state index in [2.05, 4.69) is 29.6 Å². The number of sulfonamides is 1. The van der Waals surface area contributed by atoms with Crippen LogP contribution >= 0.6 is 0 Å². The number of pyridine rings is 1. The van der Waals surface area contributed by atoms with Gasteiger partial charge < -0.3 is 10.3 Å². The Bertz CT molecular complexity index is 944. The molecular weight excluding hydrogens is 310 g/mol. The average molecular weight is 323 g/mol. The molecule has 0 aliphatic heterocycles. The third-order valence-electron chi connectivity index (χ3n) is 3.22. The monoisotopic (exact) mass is 323 g/mol. The van der Waals surface area contributed by atoms with E-state index < -0.39 is 10.0 Å². The van der Waals surface area contributed by atoms with Gasteiger partial charge in [-0.15, -0.1) is 0 Å². The lowest BCUT2D eigenvalue weighted by Gasteiger charge is -2.08. The molecule has 0 aliphatic carbocycles. The largest absolute Gasteiger partial charge is 0.379 e. The molecule has 0 unspecified atom stereocenters. The van der Waals surface area contributed by atoms with E-state index >= 15 is 0 Å². The van der Waals surface area contributed by atoms with Crippen LogP contribution in [0.5, 0.6) is 0 Å². The standard InChI is InChI=1S/C11H13N7O3S/c1-3-18-9-6(4-14-5-7(9)22(19,20)13-2)15-11(18)8-10(12)17-21-16-8/h4-5,13H,3H2,1-2H3,(H2,12,17). The second-order valence-corrected chi connectivity index (χ2v) is 6.25. The molecule has 0 aliphatic rings. The van der Waals surface area contributed by atoms with Crippen molar-refractivity contribution in [1.82, 2.24) is 29.6 Å². The van der Waals surface area contributed by atoms with Crippen molar-refractivity contribution in [2.24, 2.45) is 0 Å². The van der Waals surface area contributed by atoms with Crippen LogP contribution in [0.2, 0.25) is 0 Å². The van der Waals surface area contributed by atoms with E-state index in [4.69, 9.17) is 5.73 Å². The number of hydrogen-bond donors (Lipinski definition) is 2. The highest BCUT2D eigenvalue weighted by Crippen LogP contribution is 2.29. The summed E-state index contributed by atoms with van der Waals surface area (Å²) in [7, 11) is -2.35. The van der Waals surface area contributed by atoms with Gasteiger partial charge in [-0.25, -0.2) is 22.8 Å². The van der Waals surface area contributed by atoms with Gasteiger partial charge >= 0.3 is 0 Å². The summed E-state index contributed by atoms with van der Waals surface area (Å²) in [6.07, 6.45) is 2.75. The van der Waals surface area contributed by atoms with Gasteiger partial charge in [-0.05, 0) is 24.3 Å². The van der Waals surface area contributed by atoms with Crippen LogP contribution in [0.25, 0.3) is 22.6 Å². The summed E-state index contributed by atoms with van der Waals surface area (Å²) in [5.41, 5.74) is 6.79. The van der Waals surface area contributed by atoms with Crippen LogP contribution in [-0.2, 0) is 16.6 Å². The molecule has 0 atom stereocenters. The topological polar surface area (TPSA) is 142 Å². The van der Waals surface area contributed by atoms with Gasteiger partial charge in [0.15, 0.2) is 17.3 Å². The van der Waals surface area contributed by atoms with Crippen molar-refractivity contribution in [2.45, 2.75) is 18.4 Å². The van der Waals surface area contributed by atoms with Gasteiger partial charge in [0.05, 0.1) is 11.7 Å². The predicted molar refractivity (Wildman–Crippen MR) is 77.2 cm³/mol. The number of nitrogen functional groups attached to an aromatic ring is 1. The number of fused-ring (bicyclic) bond motifs is 1. The number of anilines is 1. The first kappa shape index (κ1) is 14.4. The van der Waals surface area contributed by atoms with E-state index in [0.717, 1.165) is 0 Å². The molecule has 0 saturated heterocycles. The van der Waals surface area contributed by atoms with E-state index in [9.17, 15) is 8.42 Å². The maximum atomic E-state index is 12.2. The molecule has 10 nitrogen and oxygen atoms in total. The van der Waals surface area contributed by atoms with E-state index in [1.54, 1.807) is 4.57 Å². The first-order valence-corrected chi connectivity index (χ1v) is 7.84. The molecule has 116 valence electrons. The Hall–Kier alpha value is -2.53. The minimum absolute atomic E-state index is 0.0307. The lowest BCUT2D eigenvalue weighted by molar-refractivity contribution is 0.310. The van der Waals surface area contributed by atoms with Crippen molar-refractivity contribution >= 4 is 26.9 Å². The average Bonchev–Trinajstić information content (AvgIpc) is 3.09. The third-order valence-corrected chi connectivity index (χ3v) is 4.63. The molecule has 3 rings (SSSR count). The molecule has 3 aromatic rings. The molecule has 22 heavy (non-hydrogen) atoms. The first-order chi connectivity index (χ1) is 10.5. The summed E-state index contributed by atoms with van der Waals surface area (Å²) in [5, 5.41) is 7.24. The zero-order chi connectivity index (χ0) is 15.9. The second-order valence-electron chi connectivity index (χ2n) is 4.39. The van der Waals surface area contributed by atoms with Crippen molar-refractivity contribution in [3.63, 3.8) is 0 Å². The lowest BCUT2D eigenvalue weighted by Crippen LogP contribution is -2.20. The molecule has 0 saturated carbocycles. The molecule has 0 spiro atoms. The van der Waals surface area contributed by atoms with Crippen LogP contribution in [0.1, 0.15) is 6.92 Å². The number of imidazole rings is 1. The van der Waals surface area contributed by atoms with Crippen LogP contribution in [0.15, 0.2) is 21.9 Å². The van der Waals surface area contributed by atoms with Gasteiger partial charge in [-0.1, -0.05) is 0 Å². The van der Waals surface area contributed by atoms with Crippen molar-refractivity contribution in [3.05, 3.63) is 12.4 Å². The molecular formula is C11H13N7O3S. The smallest absolute Gasteiger partial charge is 0.244 e. The van der Waals surface area contributed by atoms with Crippen molar-refractivity contribution in [3.8, 4) is 11.5 Å². The Morgan fingerprint density at radius 1 is 1.36 bits per heavy atom. The van der Waals surface area contributed by atoms with Crippen LogP contribution in [-0.4, -0.2) is 40.3 Å². The number of nitrogens with two attached hydrogens (primary N) is 1. The number of rotatable bonds is 4. The fourth-order valence-corrected chi connectivity index (χ4v) is 3.09. The number of aryl methyl sites for hydroxylation is 1. The number of nitrogens with one attached hydrogen (secondary N) is 1. The predicted octanol–water partition coefficient (Wildman–Crippen LogP) is -0.00850. The van der Waals surface area contributed by atoms with Gasteiger partial charge in [0.2, 0.25) is 10.0 Å². The Kier molecular flexibility index (Phi) is 3.30. The number of nitrogens with zero attached hydrogens (tertiary/aromatic N) is 5. The van der Waals surface area contributed by atoms with E-state index in [-0.39, 0.29) is 16.4 Å². The molecule has 11 heteroatoms. The normalized spacial score (nSPS) is 12.1. The Morgan fingerprint density at radius 2 is 2.14 bits per heavy atom. The Balaban J connectivity index is 2.40. The highest BCUT2D eigenvalue weighted by Gasteiger charge is 2.24. The highest BCUT2D eigenvalue weighted by atomic mass is 32.2. The number of hydrogen-bond acceptors (Lipinski definition) is 8. The Morgan fingerprint density at radius 3 is 2.73 bits per heavy atom. The molecule has 0 fully saturated rings. The molecule has 0 bridgehead atoms. The van der Waals surface area contributed by atoms with Gasteiger partial charge in [0.25, 0.3) is 0 Å². The molecule has 3 aromatic heterocycles. The third kappa shape index (κ3) is 2.02. The van der Waals surface area contributed by atoms with Gasteiger partial charge in [0, 0.05) is 12.7 Å². The molecule has 0 aromatic carbocycles. The van der Waals surface area contributed by atoms with Crippen LogP contribution in [0.4, 0.5) is 5.82 Å². The summed E-state index contributed by atoms with van der Waals surface area (Å²) < 4.78 is 32.9. The Labute approximate surface area is 125 Å². The van der Waals surface area contributed by atoms with E-state index in [1.807, 2.05) is 6.92 Å². The summed E-state index contributed by atoms with van der Waals surface area (Å²) in [5.74, 6) is 0.452. The second kappa shape index (κ2) is 5.03. The van der Waals surface area contributed by atoms with Crippen molar-refractivity contribution < 1.29 is 13.0 Å². The maximum Gasteiger partial charge on any atom is 0.244 e. The summed E-state index contributed by atoms with van der Waals surface area (Å²) in [6.45, 7) is 2.30. The minimum Gasteiger partial charge on any atom is -0.379 e. The van der Waals surface area contributed by atoms with E-state index in [1.165, 1.54) is 19.4 Å². The number of aromatic nitrogens is 5. The fourth-order valence-electron chi connectivity index (χ4n) is 2.20. The quantitative estimate of drug-likeness (QED) is 0.682.